The molecule has 0 bridgehead atoms. The van der Waals surface area contributed by atoms with Gasteiger partial charge in [0.2, 0.25) is 11.7 Å². The summed E-state index contributed by atoms with van der Waals surface area (Å²) in [6.45, 7) is 4.57. The standard InChI is InChI=1S/C27H27N5O2S/c1-3-4-9-16-31-25(34)22-12-7-8-13-23(22)32-26(31)29-30-27(32)35-18(2)24(33)28-21-15-14-19-10-5-6-11-20(19)17-21/h5-8,10-15,17-18H,3-4,9,16H2,1-2H3,(H,28,33). The first kappa shape index (κ1) is 23.1. The van der Waals surface area contributed by atoms with Gasteiger partial charge in [-0.25, -0.2) is 0 Å². The maximum absolute atomic E-state index is 13.2. The number of nitrogens with zero attached hydrogens (tertiary/aromatic N) is 4. The molecule has 3 aromatic carbocycles. The largest absolute Gasteiger partial charge is 0.325 e. The van der Waals surface area contributed by atoms with Crippen molar-refractivity contribution >= 4 is 50.8 Å². The first-order chi connectivity index (χ1) is 17.1. The lowest BCUT2D eigenvalue weighted by atomic mass is 10.1. The van der Waals surface area contributed by atoms with Crippen LogP contribution in [0, 0.1) is 0 Å². The zero-order chi connectivity index (χ0) is 24.4. The van der Waals surface area contributed by atoms with Gasteiger partial charge in [-0.05, 0) is 48.4 Å². The number of nitrogens with one attached hydrogen (secondary N) is 1. The molecule has 1 unspecified atom stereocenters. The van der Waals surface area contributed by atoms with E-state index >= 15 is 0 Å². The lowest BCUT2D eigenvalue weighted by molar-refractivity contribution is -0.115. The van der Waals surface area contributed by atoms with Gasteiger partial charge in [-0.15, -0.1) is 10.2 Å². The topological polar surface area (TPSA) is 81.3 Å². The summed E-state index contributed by atoms with van der Waals surface area (Å²) in [4.78, 5) is 26.2. The fourth-order valence-electron chi connectivity index (χ4n) is 4.25. The summed E-state index contributed by atoms with van der Waals surface area (Å²) in [6.07, 6.45) is 2.99. The van der Waals surface area contributed by atoms with E-state index < -0.39 is 5.25 Å². The van der Waals surface area contributed by atoms with Gasteiger partial charge in [0, 0.05) is 12.2 Å². The van der Waals surface area contributed by atoms with Crippen molar-refractivity contribution in [1.29, 1.82) is 0 Å². The van der Waals surface area contributed by atoms with E-state index in [4.69, 9.17) is 0 Å². The molecule has 2 aromatic heterocycles. The molecular weight excluding hydrogens is 458 g/mol. The molecule has 7 nitrogen and oxygen atoms in total. The van der Waals surface area contributed by atoms with Gasteiger partial charge in [-0.2, -0.15) is 0 Å². The number of amides is 1. The van der Waals surface area contributed by atoms with E-state index in [1.807, 2.05) is 78.1 Å². The molecule has 5 rings (SSSR count). The van der Waals surface area contributed by atoms with Gasteiger partial charge in [0.1, 0.15) is 0 Å². The Balaban J connectivity index is 1.45. The summed E-state index contributed by atoms with van der Waals surface area (Å²) in [6, 6.07) is 21.4. The SMILES string of the molecule is CCCCCn1c(=O)c2ccccc2n2c(SC(C)C(=O)Nc3ccc4ccccc4c3)nnc12. The van der Waals surface area contributed by atoms with Crippen molar-refractivity contribution in [1.82, 2.24) is 19.2 Å². The molecule has 0 aliphatic carbocycles. The van der Waals surface area contributed by atoms with Crippen molar-refractivity contribution < 1.29 is 4.79 Å². The Morgan fingerprint density at radius 2 is 1.77 bits per heavy atom. The number of hydrogen-bond donors (Lipinski definition) is 1. The van der Waals surface area contributed by atoms with Gasteiger partial charge in [0.05, 0.1) is 16.2 Å². The molecule has 178 valence electrons. The van der Waals surface area contributed by atoms with E-state index in [9.17, 15) is 9.59 Å². The zero-order valence-corrected chi connectivity index (χ0v) is 20.6. The summed E-state index contributed by atoms with van der Waals surface area (Å²) < 4.78 is 3.60. The average molecular weight is 486 g/mol. The Bertz CT molecular complexity index is 1590. The lowest BCUT2D eigenvalue weighted by Crippen LogP contribution is -2.24. The van der Waals surface area contributed by atoms with E-state index in [2.05, 4.69) is 22.4 Å². The molecule has 0 saturated heterocycles. The number of rotatable bonds is 8. The minimum atomic E-state index is -0.423. The predicted octanol–water partition coefficient (Wildman–Crippen LogP) is 5.51. The zero-order valence-electron chi connectivity index (χ0n) is 19.8. The van der Waals surface area contributed by atoms with Crippen molar-refractivity contribution in [3.63, 3.8) is 0 Å². The Morgan fingerprint density at radius 1 is 1.00 bits per heavy atom. The van der Waals surface area contributed by atoms with Crippen LogP contribution in [0.3, 0.4) is 0 Å². The number of hydrogen-bond acceptors (Lipinski definition) is 5. The summed E-state index contributed by atoms with van der Waals surface area (Å²) >= 11 is 1.33. The smallest absolute Gasteiger partial charge is 0.262 e. The normalized spacial score (nSPS) is 12.4. The van der Waals surface area contributed by atoms with Crippen molar-refractivity contribution in [2.45, 2.75) is 50.1 Å². The molecule has 1 atom stereocenters. The third kappa shape index (κ3) is 4.53. The van der Waals surface area contributed by atoms with Crippen LogP contribution in [-0.2, 0) is 11.3 Å². The van der Waals surface area contributed by atoms with E-state index in [-0.39, 0.29) is 11.5 Å². The highest BCUT2D eigenvalue weighted by molar-refractivity contribution is 8.00. The highest BCUT2D eigenvalue weighted by Crippen LogP contribution is 2.26. The van der Waals surface area contributed by atoms with Crippen LogP contribution in [0.1, 0.15) is 33.1 Å². The number of benzene rings is 3. The van der Waals surface area contributed by atoms with Crippen LogP contribution in [0.5, 0.6) is 0 Å². The van der Waals surface area contributed by atoms with Crippen LogP contribution in [0.2, 0.25) is 0 Å². The minimum Gasteiger partial charge on any atom is -0.325 e. The monoisotopic (exact) mass is 485 g/mol. The van der Waals surface area contributed by atoms with E-state index in [1.165, 1.54) is 11.8 Å². The van der Waals surface area contributed by atoms with Crippen molar-refractivity contribution in [2.24, 2.45) is 0 Å². The van der Waals surface area contributed by atoms with Gasteiger partial charge < -0.3 is 5.32 Å². The second-order valence-corrected chi connectivity index (χ2v) is 9.92. The molecule has 35 heavy (non-hydrogen) atoms. The maximum Gasteiger partial charge on any atom is 0.262 e. The van der Waals surface area contributed by atoms with E-state index in [0.717, 1.165) is 41.2 Å². The molecule has 0 aliphatic rings. The molecule has 0 saturated carbocycles. The Hall–Kier alpha value is -3.65. The molecule has 0 radical (unpaired) electrons. The third-order valence-electron chi connectivity index (χ3n) is 6.13. The van der Waals surface area contributed by atoms with E-state index in [1.54, 1.807) is 4.57 Å². The molecular formula is C27H27N5O2S. The van der Waals surface area contributed by atoms with Crippen molar-refractivity contribution in [2.75, 3.05) is 5.32 Å². The molecule has 2 heterocycles. The van der Waals surface area contributed by atoms with Crippen LogP contribution in [0.25, 0.3) is 27.5 Å². The number of unbranched alkanes of at least 4 members (excludes halogenated alkanes) is 2. The maximum atomic E-state index is 13.2. The molecule has 1 N–H and O–H groups in total. The first-order valence-corrected chi connectivity index (χ1v) is 12.8. The van der Waals surface area contributed by atoms with Crippen LogP contribution in [-0.4, -0.2) is 30.3 Å². The first-order valence-electron chi connectivity index (χ1n) is 11.9. The lowest BCUT2D eigenvalue weighted by Gasteiger charge is -2.13. The van der Waals surface area contributed by atoms with Gasteiger partial charge in [0.25, 0.3) is 5.56 Å². The molecule has 0 fully saturated rings. The minimum absolute atomic E-state index is 0.0600. The Kier molecular flexibility index (Phi) is 6.55. The number of thioether (sulfide) groups is 1. The van der Waals surface area contributed by atoms with Crippen LogP contribution in [0.15, 0.2) is 76.7 Å². The second-order valence-electron chi connectivity index (χ2n) is 8.61. The van der Waals surface area contributed by atoms with Gasteiger partial charge in [-0.3, -0.25) is 18.6 Å². The molecule has 8 heteroatoms. The highest BCUT2D eigenvalue weighted by Gasteiger charge is 2.21. The van der Waals surface area contributed by atoms with Gasteiger partial charge in [0.15, 0.2) is 5.16 Å². The number of aromatic nitrogens is 4. The number of fused-ring (bicyclic) bond motifs is 4. The van der Waals surface area contributed by atoms with Crippen molar-refractivity contribution in [3.05, 3.63) is 77.1 Å². The molecule has 1 amide bonds. The van der Waals surface area contributed by atoms with E-state index in [0.29, 0.717) is 22.9 Å². The number of para-hydroxylation sites is 1. The number of anilines is 1. The molecule has 0 spiro atoms. The van der Waals surface area contributed by atoms with Crippen LogP contribution in [0.4, 0.5) is 5.69 Å². The highest BCUT2D eigenvalue weighted by atomic mass is 32.2. The third-order valence-corrected chi connectivity index (χ3v) is 7.17. The number of carbonyl (C=O) groups excluding carboxylic acids is 1. The quantitative estimate of drug-likeness (QED) is 0.232. The fourth-order valence-corrected chi connectivity index (χ4v) is 5.11. The van der Waals surface area contributed by atoms with Crippen LogP contribution >= 0.6 is 11.8 Å². The fraction of sp³-hybridized carbons (Fsp3) is 0.259. The average Bonchev–Trinajstić information content (AvgIpc) is 3.29. The summed E-state index contributed by atoms with van der Waals surface area (Å²) in [5, 5.41) is 14.7. The predicted molar refractivity (Wildman–Crippen MR) is 142 cm³/mol. The summed E-state index contributed by atoms with van der Waals surface area (Å²) in [5.74, 6) is 0.386. The Morgan fingerprint density at radius 3 is 2.60 bits per heavy atom. The second kappa shape index (κ2) is 9.92. The van der Waals surface area contributed by atoms with Gasteiger partial charge in [-0.1, -0.05) is 74.0 Å². The molecule has 5 aromatic rings. The molecule has 0 aliphatic heterocycles. The summed E-state index contributed by atoms with van der Waals surface area (Å²) in [5.41, 5.74) is 1.44. The number of aryl methyl sites for hydroxylation is 1. The van der Waals surface area contributed by atoms with Gasteiger partial charge >= 0.3 is 0 Å². The number of carbonyl (C=O) groups is 1. The Labute approximate surface area is 207 Å². The summed E-state index contributed by atoms with van der Waals surface area (Å²) in [7, 11) is 0. The van der Waals surface area contributed by atoms with Crippen molar-refractivity contribution in [3.8, 4) is 0 Å². The van der Waals surface area contributed by atoms with Crippen LogP contribution < -0.4 is 10.9 Å².